The summed E-state index contributed by atoms with van der Waals surface area (Å²) in [7, 11) is 1.56. The van der Waals surface area contributed by atoms with Crippen LogP contribution in [-0.4, -0.2) is 95.2 Å². The summed E-state index contributed by atoms with van der Waals surface area (Å²) in [6.45, 7) is 5.89. The van der Waals surface area contributed by atoms with Gasteiger partial charge in [0.1, 0.15) is 29.5 Å². The number of piperidine rings is 2. The molecule has 6 aromatic rings. The number of likely N-dealkylation sites (tertiary alicyclic amines) is 2. The van der Waals surface area contributed by atoms with Crippen molar-refractivity contribution in [2.24, 2.45) is 24.6 Å². The number of anilines is 1. The van der Waals surface area contributed by atoms with Gasteiger partial charge in [0.15, 0.2) is 28.8 Å². The number of amides is 5. The normalized spacial score (nSPS) is 22.2. The maximum absolute atomic E-state index is 16.9. The van der Waals surface area contributed by atoms with Crippen LogP contribution >= 0.6 is 11.6 Å². The van der Waals surface area contributed by atoms with Crippen molar-refractivity contribution in [3.05, 3.63) is 141 Å². The molecule has 79 heavy (non-hydrogen) atoms. The monoisotopic (exact) mass is 1100 g/mol. The van der Waals surface area contributed by atoms with Gasteiger partial charge in [0.05, 0.1) is 16.0 Å². The molecule has 14 nitrogen and oxygen atoms in total. The van der Waals surface area contributed by atoms with Gasteiger partial charge in [-0.05, 0) is 106 Å². The number of imide groups is 1. The lowest BCUT2D eigenvalue weighted by atomic mass is 9.77. The molecule has 3 saturated heterocycles. The predicted molar refractivity (Wildman–Crippen MR) is 291 cm³/mol. The van der Waals surface area contributed by atoms with Crippen molar-refractivity contribution in [2.45, 2.75) is 94.8 Å². The minimum absolute atomic E-state index is 0.0292. The molecular weight excluding hydrogens is 1040 g/mol. The van der Waals surface area contributed by atoms with Crippen LogP contribution in [0.4, 0.5) is 28.2 Å². The molecule has 2 atom stereocenters. The van der Waals surface area contributed by atoms with E-state index < -0.39 is 52.6 Å². The molecule has 0 radical (unpaired) electrons. The minimum atomic E-state index is -1.12. The molecule has 5 amide bonds. The molecule has 4 fully saturated rings. The summed E-state index contributed by atoms with van der Waals surface area (Å²) in [5.41, 5.74) is 6.43. The molecule has 1 aromatic heterocycles. The lowest BCUT2D eigenvalue weighted by Crippen LogP contribution is -2.49. The smallest absolute Gasteiger partial charge is 0.329 e. The number of aromatic nitrogens is 2. The Labute approximate surface area is 460 Å². The highest BCUT2D eigenvalue weighted by Crippen LogP contribution is 2.57. The highest BCUT2D eigenvalue weighted by molar-refractivity contribution is 6.34. The van der Waals surface area contributed by atoms with Crippen molar-refractivity contribution in [3.8, 4) is 22.6 Å². The fraction of sp³-hybridized carbons (Fsp3) is 0.417. The first kappa shape index (κ1) is 54.0. The van der Waals surface area contributed by atoms with Gasteiger partial charge in [-0.2, -0.15) is 5.10 Å². The predicted octanol–water partition coefficient (Wildman–Crippen LogP) is 10.2. The Kier molecular flexibility index (Phi) is 15.2. The van der Waals surface area contributed by atoms with E-state index in [1.807, 2.05) is 72.5 Å². The molecule has 5 heterocycles. The van der Waals surface area contributed by atoms with Crippen molar-refractivity contribution in [2.75, 3.05) is 50.7 Å². The van der Waals surface area contributed by atoms with E-state index in [0.29, 0.717) is 63.3 Å². The third-order valence-corrected chi connectivity index (χ3v) is 17.7. The Morgan fingerprint density at radius 3 is 2.22 bits per heavy atom. The van der Waals surface area contributed by atoms with Crippen LogP contribution in [0.1, 0.15) is 109 Å². The van der Waals surface area contributed by atoms with Crippen LogP contribution < -0.4 is 30.7 Å². The molecule has 5 aliphatic rings. The Bertz CT molecular complexity index is 3330. The topological polar surface area (TPSA) is 164 Å². The molecule has 2 unspecified atom stereocenters. The number of aryl methyl sites for hydroxylation is 1. The zero-order chi connectivity index (χ0) is 55.3. The van der Waals surface area contributed by atoms with Gasteiger partial charge in [-0.15, -0.1) is 0 Å². The first-order valence-electron chi connectivity index (χ1n) is 27.4. The molecule has 0 bridgehead atoms. The third-order valence-electron chi connectivity index (χ3n) is 17.3. The van der Waals surface area contributed by atoms with Crippen molar-refractivity contribution in [1.29, 1.82) is 0 Å². The van der Waals surface area contributed by atoms with E-state index in [2.05, 4.69) is 20.6 Å². The van der Waals surface area contributed by atoms with Gasteiger partial charge in [-0.3, -0.25) is 29.3 Å². The Hall–Kier alpha value is -7.02. The number of hydrogen-bond acceptors (Lipinski definition) is 9. The molecule has 1 saturated carbocycles. The summed E-state index contributed by atoms with van der Waals surface area (Å²) in [5, 5.41) is 10.2. The summed E-state index contributed by atoms with van der Waals surface area (Å²) < 4.78 is 79.3. The second-order valence-electron chi connectivity index (χ2n) is 21.9. The number of fused-ring (bicyclic) bond motifs is 2. The summed E-state index contributed by atoms with van der Waals surface area (Å²) in [4.78, 5) is 57.0. The lowest BCUT2D eigenvalue weighted by molar-refractivity contribution is -0.138. The van der Waals surface area contributed by atoms with Gasteiger partial charge >= 0.3 is 6.03 Å². The van der Waals surface area contributed by atoms with Crippen LogP contribution in [0.25, 0.3) is 22.0 Å². The van der Waals surface area contributed by atoms with E-state index in [9.17, 15) is 19.2 Å². The third kappa shape index (κ3) is 10.3. The molecular formula is C60H63ClF4N8O6. The Morgan fingerprint density at radius 2 is 1.53 bits per heavy atom. The van der Waals surface area contributed by atoms with Crippen LogP contribution in [0.15, 0.2) is 84.9 Å². The Balaban J connectivity index is 0.700. The summed E-state index contributed by atoms with van der Waals surface area (Å²) in [6, 6.07) is 23.3. The van der Waals surface area contributed by atoms with E-state index in [0.717, 1.165) is 43.4 Å². The number of hydrogen-bond donors (Lipinski definition) is 3. The van der Waals surface area contributed by atoms with Gasteiger partial charge in [0.25, 0.3) is 0 Å². The van der Waals surface area contributed by atoms with Gasteiger partial charge in [-0.25, -0.2) is 22.4 Å². The average Bonchev–Trinajstić information content (AvgIpc) is 3.92. The summed E-state index contributed by atoms with van der Waals surface area (Å²) in [5.74, 6) is -4.75. The van der Waals surface area contributed by atoms with Gasteiger partial charge in [0, 0.05) is 92.4 Å². The van der Waals surface area contributed by atoms with Crippen molar-refractivity contribution < 1.29 is 46.2 Å². The zero-order valence-electron chi connectivity index (χ0n) is 44.1. The zero-order valence-corrected chi connectivity index (χ0v) is 44.9. The highest BCUT2D eigenvalue weighted by Gasteiger charge is 2.50. The van der Waals surface area contributed by atoms with Crippen molar-refractivity contribution in [3.63, 3.8) is 0 Å². The quantitative estimate of drug-likeness (QED) is 0.0901. The number of urea groups is 1. The first-order chi connectivity index (χ1) is 38.1. The first-order valence-corrected chi connectivity index (χ1v) is 27.7. The lowest BCUT2D eigenvalue weighted by Gasteiger charge is -2.40. The van der Waals surface area contributed by atoms with E-state index in [1.54, 1.807) is 7.05 Å². The van der Waals surface area contributed by atoms with Crippen LogP contribution in [0.3, 0.4) is 0 Å². The van der Waals surface area contributed by atoms with Gasteiger partial charge in [0.2, 0.25) is 17.7 Å². The fourth-order valence-electron chi connectivity index (χ4n) is 13.0. The molecule has 4 aliphatic heterocycles. The number of carbonyl (C=O) groups is 4. The summed E-state index contributed by atoms with van der Waals surface area (Å²) in [6.07, 6.45) is 5.87. The highest BCUT2D eigenvalue weighted by atomic mass is 35.5. The van der Waals surface area contributed by atoms with Crippen LogP contribution in [0.2, 0.25) is 5.02 Å². The molecule has 414 valence electrons. The minimum Gasteiger partial charge on any atom is -0.486 e. The van der Waals surface area contributed by atoms with Gasteiger partial charge in [-0.1, -0.05) is 79.2 Å². The fourth-order valence-corrected chi connectivity index (χ4v) is 13.2. The maximum atomic E-state index is 16.9. The number of primary amides is 1. The largest absolute Gasteiger partial charge is 0.486 e. The standard InChI is InChI=1S/C60H63ClF4N8O6/c1-34-48-46(30-44(63)52(61)51(48)50-41(56(66)75)17-18-45(53(50)64)78-32-36-9-5-3-6-10-36)79-60(34,39-11-7-4-8-12-39)33-67-40-15-13-38(14-16-40)58(76)72-26-19-35(20-27-72)31-71-24-21-37(22-25-71)49-43(62)29-42-55(54(49)65)70(2)69-57(42)73-28-23-47(74)68-59(73)77/h3-12,17-18,29-30,34-35,37-38,40,67H,13-16,19-28,31-33H2,1-2H3,(H2,66,75)(H,68,74,77). The van der Waals surface area contributed by atoms with Crippen molar-refractivity contribution in [1.82, 2.24) is 30.2 Å². The molecule has 5 aromatic carbocycles. The number of rotatable bonds is 14. The van der Waals surface area contributed by atoms with E-state index in [1.165, 1.54) is 33.8 Å². The number of ether oxygens (including phenoxy) is 2. The number of halogens is 5. The van der Waals surface area contributed by atoms with Gasteiger partial charge < -0.3 is 30.3 Å². The Morgan fingerprint density at radius 1 is 0.835 bits per heavy atom. The van der Waals surface area contributed by atoms with Crippen LogP contribution in [-0.2, 0) is 28.8 Å². The summed E-state index contributed by atoms with van der Waals surface area (Å²) >= 11 is 6.82. The van der Waals surface area contributed by atoms with E-state index in [-0.39, 0.29) is 105 Å². The van der Waals surface area contributed by atoms with E-state index >= 15 is 17.6 Å². The van der Waals surface area contributed by atoms with Crippen LogP contribution in [0.5, 0.6) is 11.5 Å². The SMILES string of the molecule is CC1c2c(cc(F)c(Cl)c2-c2c(C(N)=O)ccc(OCc3ccccc3)c2F)OC1(CNC1CCC(C(=O)N2CCC(CN3CCC(c4c(F)cc5c(N6CCC(=O)NC6=O)nn(C)c5c4F)CC3)CC2)CC1)c1ccccc1. The van der Waals surface area contributed by atoms with Crippen molar-refractivity contribution >= 4 is 52.1 Å². The van der Waals surface area contributed by atoms with E-state index in [4.69, 9.17) is 26.8 Å². The molecule has 4 N–H and O–H groups in total. The second kappa shape index (κ2) is 22.3. The molecule has 11 rings (SSSR count). The second-order valence-corrected chi connectivity index (χ2v) is 22.3. The molecule has 1 aliphatic carbocycles. The maximum Gasteiger partial charge on any atom is 0.329 e. The number of nitrogens with zero attached hydrogens (tertiary/aromatic N) is 5. The number of nitrogens with one attached hydrogen (secondary N) is 2. The molecule has 0 spiro atoms. The molecule has 19 heteroatoms. The number of nitrogens with two attached hydrogens (primary N) is 1. The number of benzene rings is 5. The van der Waals surface area contributed by atoms with Crippen LogP contribution in [0, 0.1) is 35.1 Å². The average molecular weight is 1100 g/mol. The number of carbonyl (C=O) groups excluding carboxylic acids is 4.